The lowest BCUT2D eigenvalue weighted by Gasteiger charge is -2.17. The van der Waals surface area contributed by atoms with Gasteiger partial charge >= 0.3 is 5.97 Å². The molecule has 3 rings (SSSR count). The zero-order chi connectivity index (χ0) is 20.5. The molecule has 148 valence electrons. The number of halogens is 1. The molecule has 0 saturated heterocycles. The van der Waals surface area contributed by atoms with Crippen LogP contribution >= 0.6 is 39.5 Å². The molecule has 2 nitrogen and oxygen atoms in total. The molecule has 0 unspecified atom stereocenters. The van der Waals surface area contributed by atoms with Gasteiger partial charge in [0.2, 0.25) is 0 Å². The number of carbonyl (C=O) groups excluding carboxylic acids is 1. The van der Waals surface area contributed by atoms with Gasteiger partial charge in [0.1, 0.15) is 6.10 Å². The van der Waals surface area contributed by atoms with Crippen molar-refractivity contribution in [3.05, 3.63) is 105 Å². The van der Waals surface area contributed by atoms with Crippen molar-refractivity contribution < 1.29 is 9.53 Å². The molecule has 0 aromatic heterocycles. The summed E-state index contributed by atoms with van der Waals surface area (Å²) in [5.41, 5.74) is 0.972. The summed E-state index contributed by atoms with van der Waals surface area (Å²) in [6.45, 7) is 1.45. The van der Waals surface area contributed by atoms with Crippen LogP contribution in [0.15, 0.2) is 110 Å². The van der Waals surface area contributed by atoms with E-state index in [2.05, 4.69) is 46.3 Å². The van der Waals surface area contributed by atoms with Crippen LogP contribution in [0.2, 0.25) is 0 Å². The predicted molar refractivity (Wildman–Crippen MR) is 126 cm³/mol. The van der Waals surface area contributed by atoms with Crippen LogP contribution in [0.3, 0.4) is 0 Å². The fraction of sp³-hybridized carbons (Fsp3) is 0.125. The fourth-order valence-corrected chi connectivity index (χ4v) is 5.25. The molecule has 0 N–H and O–H groups in total. The van der Waals surface area contributed by atoms with Crippen molar-refractivity contribution in [1.29, 1.82) is 0 Å². The standard InChI is InChI=1S/C24H21BrO2S2/c1-18(26)27-23(19-9-8-10-20(25)17-19)15-16-24(28-21-11-4-2-5-12-21)29-22-13-6-3-7-14-22/h2-14,16-17,23H,15H2,1H3/t23-/m1/s1. The maximum absolute atomic E-state index is 11.7. The Kier molecular flexibility index (Phi) is 8.47. The van der Waals surface area contributed by atoms with Gasteiger partial charge < -0.3 is 4.74 Å². The number of hydrogen-bond acceptors (Lipinski definition) is 4. The third-order valence-electron chi connectivity index (χ3n) is 3.95. The van der Waals surface area contributed by atoms with Crippen LogP contribution in [-0.2, 0) is 9.53 Å². The van der Waals surface area contributed by atoms with Crippen molar-refractivity contribution >= 4 is 45.4 Å². The molecule has 3 aromatic carbocycles. The molecule has 0 aliphatic heterocycles. The SMILES string of the molecule is CC(=O)O[C@H](CC=C(Sc1ccccc1)Sc1ccccc1)c1cccc(Br)c1. The van der Waals surface area contributed by atoms with Crippen molar-refractivity contribution in [2.24, 2.45) is 0 Å². The molecule has 0 spiro atoms. The van der Waals surface area contributed by atoms with Crippen LogP contribution in [0.4, 0.5) is 0 Å². The summed E-state index contributed by atoms with van der Waals surface area (Å²) in [6, 6.07) is 28.5. The van der Waals surface area contributed by atoms with Gasteiger partial charge in [-0.1, -0.05) is 94.1 Å². The van der Waals surface area contributed by atoms with Crippen LogP contribution in [-0.4, -0.2) is 5.97 Å². The Morgan fingerprint density at radius 3 is 2.03 bits per heavy atom. The first-order valence-corrected chi connectivity index (χ1v) is 11.6. The van der Waals surface area contributed by atoms with E-state index in [1.54, 1.807) is 23.5 Å². The highest BCUT2D eigenvalue weighted by atomic mass is 79.9. The summed E-state index contributed by atoms with van der Waals surface area (Å²) < 4.78 is 7.73. The molecule has 0 saturated carbocycles. The first kappa shape index (κ1) is 21.8. The van der Waals surface area contributed by atoms with Crippen molar-refractivity contribution in [3.63, 3.8) is 0 Å². The van der Waals surface area contributed by atoms with Gasteiger partial charge in [0, 0.05) is 31.8 Å². The van der Waals surface area contributed by atoms with E-state index >= 15 is 0 Å². The molecule has 0 amide bonds. The maximum Gasteiger partial charge on any atom is 0.303 e. The number of thioether (sulfide) groups is 2. The third-order valence-corrected chi connectivity index (χ3v) is 6.70. The minimum atomic E-state index is -0.326. The molecule has 0 radical (unpaired) electrons. The van der Waals surface area contributed by atoms with E-state index in [1.165, 1.54) is 16.7 Å². The lowest BCUT2D eigenvalue weighted by molar-refractivity contribution is -0.146. The van der Waals surface area contributed by atoms with E-state index < -0.39 is 0 Å². The molecule has 5 heteroatoms. The second-order valence-electron chi connectivity index (χ2n) is 6.24. The average molecular weight is 485 g/mol. The summed E-state index contributed by atoms with van der Waals surface area (Å²) >= 11 is 6.94. The van der Waals surface area contributed by atoms with Gasteiger partial charge in [0.05, 0.1) is 0 Å². The quantitative estimate of drug-likeness (QED) is 0.240. The van der Waals surface area contributed by atoms with Crippen LogP contribution < -0.4 is 0 Å². The Balaban J connectivity index is 1.84. The Morgan fingerprint density at radius 2 is 1.52 bits per heavy atom. The zero-order valence-electron chi connectivity index (χ0n) is 16.0. The Morgan fingerprint density at radius 1 is 0.931 bits per heavy atom. The number of esters is 1. The monoisotopic (exact) mass is 484 g/mol. The molecule has 3 aromatic rings. The van der Waals surface area contributed by atoms with Gasteiger partial charge in [0.25, 0.3) is 0 Å². The van der Waals surface area contributed by atoms with Gasteiger partial charge in [-0.3, -0.25) is 4.79 Å². The van der Waals surface area contributed by atoms with E-state index in [0.29, 0.717) is 6.42 Å². The van der Waals surface area contributed by atoms with Gasteiger partial charge in [0.15, 0.2) is 0 Å². The number of benzene rings is 3. The lowest BCUT2D eigenvalue weighted by atomic mass is 10.1. The van der Waals surface area contributed by atoms with Crippen molar-refractivity contribution in [1.82, 2.24) is 0 Å². The maximum atomic E-state index is 11.7. The molecular weight excluding hydrogens is 464 g/mol. The molecule has 0 bridgehead atoms. The summed E-state index contributed by atoms with van der Waals surface area (Å²) in [6.07, 6.45) is 2.43. The van der Waals surface area contributed by atoms with E-state index in [-0.39, 0.29) is 12.1 Å². The second-order valence-corrected chi connectivity index (χ2v) is 9.65. The number of carbonyl (C=O) groups is 1. The smallest absolute Gasteiger partial charge is 0.303 e. The molecule has 1 atom stereocenters. The van der Waals surface area contributed by atoms with E-state index in [9.17, 15) is 4.79 Å². The third kappa shape index (κ3) is 7.42. The zero-order valence-corrected chi connectivity index (χ0v) is 19.2. The molecule has 0 aliphatic rings. The molecule has 0 aliphatic carbocycles. The highest BCUT2D eigenvalue weighted by Gasteiger charge is 2.15. The molecule has 29 heavy (non-hydrogen) atoms. The molecule has 0 heterocycles. The number of hydrogen-bond donors (Lipinski definition) is 0. The molecule has 0 fully saturated rings. The average Bonchev–Trinajstić information content (AvgIpc) is 2.72. The highest BCUT2D eigenvalue weighted by molar-refractivity contribution is 9.10. The molecular formula is C24H21BrO2S2. The topological polar surface area (TPSA) is 26.3 Å². The van der Waals surface area contributed by atoms with Crippen LogP contribution in [0, 0.1) is 0 Å². The number of ether oxygens (including phenoxy) is 1. The summed E-state index contributed by atoms with van der Waals surface area (Å²) in [7, 11) is 0. The van der Waals surface area contributed by atoms with Gasteiger partial charge in [-0.05, 0) is 42.0 Å². The fourth-order valence-electron chi connectivity index (χ4n) is 2.68. The van der Waals surface area contributed by atoms with E-state index in [4.69, 9.17) is 4.74 Å². The summed E-state index contributed by atoms with van der Waals surface area (Å²) in [5, 5.41) is 0. The highest BCUT2D eigenvalue weighted by Crippen LogP contribution is 2.40. The first-order valence-electron chi connectivity index (χ1n) is 9.19. The normalized spacial score (nSPS) is 11.5. The van der Waals surface area contributed by atoms with Crippen molar-refractivity contribution in [2.75, 3.05) is 0 Å². The van der Waals surface area contributed by atoms with Crippen LogP contribution in [0.5, 0.6) is 0 Å². The first-order chi connectivity index (χ1) is 14.1. The largest absolute Gasteiger partial charge is 0.457 e. The van der Waals surface area contributed by atoms with Gasteiger partial charge in [-0.2, -0.15) is 0 Å². The predicted octanol–water partition coefficient (Wildman–Crippen LogP) is 7.87. The van der Waals surface area contributed by atoms with Crippen LogP contribution in [0.25, 0.3) is 0 Å². The van der Waals surface area contributed by atoms with E-state index in [0.717, 1.165) is 14.3 Å². The van der Waals surface area contributed by atoms with E-state index in [1.807, 2.05) is 60.7 Å². The van der Waals surface area contributed by atoms with Crippen molar-refractivity contribution in [3.8, 4) is 0 Å². The Hall–Kier alpha value is -1.95. The summed E-state index contributed by atoms with van der Waals surface area (Å²) in [5.74, 6) is -0.281. The lowest BCUT2D eigenvalue weighted by Crippen LogP contribution is -2.08. The second kappa shape index (κ2) is 11.3. The Bertz CT molecular complexity index is 915. The minimum Gasteiger partial charge on any atom is -0.457 e. The summed E-state index contributed by atoms with van der Waals surface area (Å²) in [4.78, 5) is 14.0. The van der Waals surface area contributed by atoms with Crippen LogP contribution in [0.1, 0.15) is 25.0 Å². The van der Waals surface area contributed by atoms with Gasteiger partial charge in [-0.25, -0.2) is 0 Å². The minimum absolute atomic E-state index is 0.281. The van der Waals surface area contributed by atoms with Gasteiger partial charge in [-0.15, -0.1) is 0 Å². The van der Waals surface area contributed by atoms with Crippen molar-refractivity contribution in [2.45, 2.75) is 29.2 Å². The Labute approximate surface area is 188 Å². The number of rotatable bonds is 8.